The monoisotopic (exact) mass is 259 g/mol. The minimum absolute atomic E-state index is 0.0291. The molecule has 0 radical (unpaired) electrons. The van der Waals surface area contributed by atoms with Crippen molar-refractivity contribution in [2.75, 3.05) is 0 Å². The number of nitrogens with zero attached hydrogens (tertiary/aromatic N) is 3. The van der Waals surface area contributed by atoms with Crippen molar-refractivity contribution >= 4 is 25.8 Å². The van der Waals surface area contributed by atoms with Crippen LogP contribution in [0.3, 0.4) is 0 Å². The Hall–Kier alpha value is -1.13. The molecule has 0 aromatic carbocycles. The van der Waals surface area contributed by atoms with Gasteiger partial charge in [-0.25, -0.2) is 0 Å². The van der Waals surface area contributed by atoms with E-state index in [1.54, 1.807) is 14.0 Å². The molecule has 0 amide bonds. The Bertz CT molecular complexity index is 593. The summed E-state index contributed by atoms with van der Waals surface area (Å²) in [6.45, 7) is 2.17. The molecular weight excluding hydrogens is 249 g/mol. The molecule has 5 nitrogen and oxygen atoms in total. The van der Waals surface area contributed by atoms with Crippen LogP contribution in [0.4, 0.5) is 0 Å². The molecule has 0 bridgehead atoms. The van der Waals surface area contributed by atoms with Crippen LogP contribution in [0.1, 0.15) is 6.92 Å². The maximum absolute atomic E-state index is 11.7. The molecule has 0 fully saturated rings. The van der Waals surface area contributed by atoms with Gasteiger partial charge >= 0.3 is 85.2 Å². The number of rotatable bonds is 1. The van der Waals surface area contributed by atoms with Crippen LogP contribution in [0.2, 0.25) is 0 Å². The fraction of sp³-hybridized carbons (Fsp3) is 0.375. The average molecular weight is 258 g/mol. The van der Waals surface area contributed by atoms with Crippen LogP contribution in [0, 0.1) is 0 Å². The molecule has 2 aromatic heterocycles. The van der Waals surface area contributed by atoms with Gasteiger partial charge in [-0.1, -0.05) is 0 Å². The summed E-state index contributed by atoms with van der Waals surface area (Å²) < 4.78 is 6.81. The van der Waals surface area contributed by atoms with Crippen molar-refractivity contribution in [3.05, 3.63) is 25.8 Å². The third-order valence-electron chi connectivity index (χ3n) is 2.19. The van der Waals surface area contributed by atoms with E-state index in [2.05, 4.69) is 3.98 Å². The molecular formula is C8H9N3O2Se. The van der Waals surface area contributed by atoms with Gasteiger partial charge < -0.3 is 0 Å². The average Bonchev–Trinajstić information content (AvgIpc) is 2.64. The van der Waals surface area contributed by atoms with E-state index in [-0.39, 0.29) is 26.0 Å². The van der Waals surface area contributed by atoms with Gasteiger partial charge in [0.05, 0.1) is 0 Å². The van der Waals surface area contributed by atoms with Crippen LogP contribution in [-0.4, -0.2) is 27.8 Å². The molecule has 0 spiro atoms. The summed E-state index contributed by atoms with van der Waals surface area (Å²) in [6, 6.07) is 0. The van der Waals surface area contributed by atoms with Crippen LogP contribution in [0.15, 0.2) is 14.5 Å². The summed E-state index contributed by atoms with van der Waals surface area (Å²) in [5.41, 5.74) is 0.584. The second-order valence-corrected chi connectivity index (χ2v) is 4.26. The van der Waals surface area contributed by atoms with Crippen LogP contribution in [-0.2, 0) is 13.6 Å². The van der Waals surface area contributed by atoms with E-state index in [4.69, 9.17) is 0 Å². The molecule has 2 aromatic rings. The van der Waals surface area contributed by atoms with Crippen LogP contribution in [0.5, 0.6) is 0 Å². The van der Waals surface area contributed by atoms with Crippen LogP contribution >= 0.6 is 0 Å². The molecule has 0 saturated heterocycles. The number of fused-ring (bicyclic) bond motifs is 1. The summed E-state index contributed by atoms with van der Waals surface area (Å²) in [4.78, 5) is 25.2. The van der Waals surface area contributed by atoms with Crippen molar-refractivity contribution < 1.29 is 0 Å². The van der Waals surface area contributed by atoms with Gasteiger partial charge in [0.25, 0.3) is 0 Å². The van der Waals surface area contributed by atoms with Gasteiger partial charge in [-0.2, -0.15) is 0 Å². The quantitative estimate of drug-likeness (QED) is 0.627. The van der Waals surface area contributed by atoms with Gasteiger partial charge in [0, 0.05) is 0 Å². The molecule has 0 aliphatic rings. The van der Waals surface area contributed by atoms with E-state index in [1.165, 1.54) is 9.13 Å². The predicted molar refractivity (Wildman–Crippen MR) is 53.9 cm³/mol. The van der Waals surface area contributed by atoms with Crippen molar-refractivity contribution in [1.82, 2.24) is 13.1 Å². The Morgan fingerprint density at radius 1 is 1.50 bits per heavy atom. The van der Waals surface area contributed by atoms with Gasteiger partial charge in [0.2, 0.25) is 0 Å². The Morgan fingerprint density at radius 2 is 2.21 bits per heavy atom. The molecule has 2 rings (SSSR count). The minimum atomic E-state index is -0.264. The molecule has 2 heterocycles. The van der Waals surface area contributed by atoms with Crippen molar-refractivity contribution in [2.45, 2.75) is 13.5 Å². The molecule has 0 unspecified atom stereocenters. The van der Waals surface area contributed by atoms with E-state index in [9.17, 15) is 9.59 Å². The topological polar surface area (TPSA) is 56.9 Å². The van der Waals surface area contributed by atoms with Gasteiger partial charge in [-0.15, -0.1) is 0 Å². The van der Waals surface area contributed by atoms with E-state index in [0.29, 0.717) is 17.6 Å². The third-order valence-corrected chi connectivity index (χ3v) is 3.49. The molecule has 6 heteroatoms. The molecule has 0 saturated carbocycles. The third kappa shape index (κ3) is 1.11. The molecule has 0 atom stereocenters. The zero-order chi connectivity index (χ0) is 10.3. The van der Waals surface area contributed by atoms with E-state index in [0.717, 1.165) is 0 Å². The maximum atomic E-state index is 11.7. The Kier molecular flexibility index (Phi) is 2.17. The number of hydrogen-bond donors (Lipinski definition) is 0. The van der Waals surface area contributed by atoms with Crippen LogP contribution < -0.4 is 11.2 Å². The summed E-state index contributed by atoms with van der Waals surface area (Å²) in [6.07, 6.45) is 0. The van der Waals surface area contributed by atoms with E-state index >= 15 is 0 Å². The summed E-state index contributed by atoms with van der Waals surface area (Å²) >= 11 is -0.0291. The summed E-state index contributed by atoms with van der Waals surface area (Å²) in [7, 11) is 1.67. The predicted octanol–water partition coefficient (Wildman–Crippen LogP) is -0.828. The number of aromatic nitrogens is 3. The van der Waals surface area contributed by atoms with Crippen molar-refractivity contribution in [1.29, 1.82) is 0 Å². The summed E-state index contributed by atoms with van der Waals surface area (Å²) in [5.74, 6) is 0. The summed E-state index contributed by atoms with van der Waals surface area (Å²) in [5, 5.41) is 0. The van der Waals surface area contributed by atoms with Gasteiger partial charge in [-0.05, 0) is 0 Å². The first-order valence-electron chi connectivity index (χ1n) is 4.20. The Morgan fingerprint density at radius 3 is 2.86 bits per heavy atom. The molecule has 0 aliphatic heterocycles. The Balaban J connectivity index is 3.10. The van der Waals surface area contributed by atoms with E-state index < -0.39 is 0 Å². The van der Waals surface area contributed by atoms with Gasteiger partial charge in [-0.3, -0.25) is 0 Å². The van der Waals surface area contributed by atoms with Crippen molar-refractivity contribution in [3.8, 4) is 0 Å². The van der Waals surface area contributed by atoms with E-state index in [1.807, 2.05) is 4.94 Å². The standard InChI is InChI=1S/C8H9N3O2Se/c1-3-11-7(12)6-5(4-14-9-6)10(2)8(11)13/h4H,3H2,1-2H3. The molecule has 14 heavy (non-hydrogen) atoms. The fourth-order valence-corrected chi connectivity index (χ4v) is 2.86. The van der Waals surface area contributed by atoms with Gasteiger partial charge in [0.1, 0.15) is 0 Å². The second kappa shape index (κ2) is 3.22. The zero-order valence-corrected chi connectivity index (χ0v) is 9.56. The SMILES string of the molecule is CCn1c(=O)c2n[se]cc2n(C)c1=O. The van der Waals surface area contributed by atoms with Crippen molar-refractivity contribution in [3.63, 3.8) is 0 Å². The normalized spacial score (nSPS) is 11.0. The second-order valence-electron chi connectivity index (χ2n) is 2.94. The molecule has 0 aliphatic carbocycles. The fourth-order valence-electron chi connectivity index (χ4n) is 1.40. The first-order chi connectivity index (χ1) is 6.66. The van der Waals surface area contributed by atoms with Gasteiger partial charge in [0.15, 0.2) is 0 Å². The zero-order valence-electron chi connectivity index (χ0n) is 7.85. The number of aryl methyl sites for hydroxylation is 1. The first kappa shape index (κ1) is 9.43. The number of hydrogen-bond acceptors (Lipinski definition) is 3. The molecule has 0 N–H and O–H groups in total. The first-order valence-corrected chi connectivity index (χ1v) is 5.96. The molecule has 74 valence electrons. The van der Waals surface area contributed by atoms with Crippen molar-refractivity contribution in [2.24, 2.45) is 7.05 Å². The van der Waals surface area contributed by atoms with Crippen LogP contribution in [0.25, 0.3) is 11.0 Å². The Labute approximate surface area is 85.6 Å².